The fourth-order valence-corrected chi connectivity index (χ4v) is 2.46. The summed E-state index contributed by atoms with van der Waals surface area (Å²) in [7, 11) is 0. The maximum atomic E-state index is 11.2. The lowest BCUT2D eigenvalue weighted by molar-refractivity contribution is -0.114. The van der Waals surface area contributed by atoms with Crippen molar-refractivity contribution in [3.8, 4) is 18.4 Å². The average molecular weight is 318 g/mol. The second-order valence-corrected chi connectivity index (χ2v) is 5.33. The molecular weight excluding hydrogens is 300 g/mol. The maximum Gasteiger partial charge on any atom is 0.263 e. The SMILES string of the molecule is C#CCNC(NCCSCc1[nH]cnc1C)=C(C#N)C(N)=O. The first kappa shape index (κ1) is 17.5. The summed E-state index contributed by atoms with van der Waals surface area (Å²) in [5, 5.41) is 14.8. The lowest BCUT2D eigenvalue weighted by Crippen LogP contribution is -2.33. The van der Waals surface area contributed by atoms with Crippen molar-refractivity contribution in [2.75, 3.05) is 18.8 Å². The van der Waals surface area contributed by atoms with E-state index in [4.69, 9.17) is 17.4 Å². The van der Waals surface area contributed by atoms with E-state index in [1.165, 1.54) is 0 Å². The second-order valence-electron chi connectivity index (χ2n) is 4.23. The number of hydrogen-bond donors (Lipinski definition) is 4. The molecule has 1 heterocycles. The number of hydrogen-bond acceptors (Lipinski definition) is 6. The van der Waals surface area contributed by atoms with Gasteiger partial charge in [-0.2, -0.15) is 17.0 Å². The van der Waals surface area contributed by atoms with Gasteiger partial charge < -0.3 is 21.4 Å². The van der Waals surface area contributed by atoms with Gasteiger partial charge in [0.15, 0.2) is 5.57 Å². The Bertz CT molecular complexity index is 622. The van der Waals surface area contributed by atoms with Crippen LogP contribution in [0.5, 0.6) is 0 Å². The van der Waals surface area contributed by atoms with Crippen LogP contribution < -0.4 is 16.4 Å². The van der Waals surface area contributed by atoms with Gasteiger partial charge in [0.25, 0.3) is 5.91 Å². The van der Waals surface area contributed by atoms with Crippen LogP contribution in [0.1, 0.15) is 11.4 Å². The van der Waals surface area contributed by atoms with Crippen molar-refractivity contribution in [2.45, 2.75) is 12.7 Å². The van der Waals surface area contributed by atoms with Gasteiger partial charge in [-0.1, -0.05) is 5.92 Å². The van der Waals surface area contributed by atoms with Gasteiger partial charge in [0.2, 0.25) is 0 Å². The summed E-state index contributed by atoms with van der Waals surface area (Å²) in [5.74, 6) is 3.44. The van der Waals surface area contributed by atoms with Crippen molar-refractivity contribution >= 4 is 17.7 Å². The number of carbonyl (C=O) groups excluding carboxylic acids is 1. The number of primary amides is 1. The summed E-state index contributed by atoms with van der Waals surface area (Å²) in [4.78, 5) is 18.4. The fraction of sp³-hybridized carbons (Fsp3) is 0.357. The molecule has 0 atom stereocenters. The fourth-order valence-electron chi connectivity index (χ4n) is 1.57. The number of H-pyrrole nitrogens is 1. The van der Waals surface area contributed by atoms with E-state index >= 15 is 0 Å². The Labute approximate surface area is 133 Å². The molecule has 116 valence electrons. The molecule has 0 saturated carbocycles. The van der Waals surface area contributed by atoms with E-state index in [1.807, 2.05) is 6.92 Å². The minimum Gasteiger partial charge on any atom is -0.370 e. The Kier molecular flexibility index (Phi) is 7.44. The second kappa shape index (κ2) is 9.37. The molecule has 0 fully saturated rings. The summed E-state index contributed by atoms with van der Waals surface area (Å²) < 4.78 is 0. The van der Waals surface area contributed by atoms with Crippen LogP contribution >= 0.6 is 11.8 Å². The van der Waals surface area contributed by atoms with Gasteiger partial charge >= 0.3 is 0 Å². The molecule has 0 unspecified atom stereocenters. The predicted octanol–water partition coefficient (Wildman–Crippen LogP) is -0.0158. The Morgan fingerprint density at radius 1 is 1.59 bits per heavy atom. The maximum absolute atomic E-state index is 11.2. The Morgan fingerprint density at radius 3 is 2.91 bits per heavy atom. The van der Waals surface area contributed by atoms with Crippen molar-refractivity contribution in [3.05, 3.63) is 29.1 Å². The van der Waals surface area contributed by atoms with E-state index in [-0.39, 0.29) is 17.9 Å². The lowest BCUT2D eigenvalue weighted by Gasteiger charge is -2.12. The largest absolute Gasteiger partial charge is 0.370 e. The number of terminal acetylenes is 1. The molecule has 1 rings (SSSR count). The third-order valence-electron chi connectivity index (χ3n) is 2.70. The molecule has 0 aliphatic heterocycles. The number of nitrogens with zero attached hydrogens (tertiary/aromatic N) is 2. The number of amides is 1. The highest BCUT2D eigenvalue weighted by Crippen LogP contribution is 2.11. The summed E-state index contributed by atoms with van der Waals surface area (Å²) in [6.07, 6.45) is 6.83. The molecular formula is C14H18N6OS. The van der Waals surface area contributed by atoms with Crippen molar-refractivity contribution in [3.63, 3.8) is 0 Å². The number of aromatic amines is 1. The number of aryl methyl sites for hydroxylation is 1. The van der Waals surface area contributed by atoms with Crippen LogP contribution in [0.2, 0.25) is 0 Å². The molecule has 0 radical (unpaired) electrons. The number of imidazole rings is 1. The van der Waals surface area contributed by atoms with Gasteiger partial charge in [-0.05, 0) is 6.92 Å². The van der Waals surface area contributed by atoms with E-state index in [1.54, 1.807) is 24.2 Å². The molecule has 8 heteroatoms. The van der Waals surface area contributed by atoms with Gasteiger partial charge in [0.1, 0.15) is 11.9 Å². The molecule has 0 aliphatic rings. The number of nitrogens with two attached hydrogens (primary N) is 1. The Morgan fingerprint density at radius 2 is 2.36 bits per heavy atom. The van der Waals surface area contributed by atoms with Crippen LogP contribution in [0.4, 0.5) is 0 Å². The molecule has 22 heavy (non-hydrogen) atoms. The van der Waals surface area contributed by atoms with Crippen LogP contribution in [0.3, 0.4) is 0 Å². The zero-order chi connectivity index (χ0) is 16.4. The number of nitrogens with one attached hydrogen (secondary N) is 3. The molecule has 0 aromatic carbocycles. The molecule has 1 aromatic heterocycles. The third-order valence-corrected chi connectivity index (χ3v) is 3.69. The van der Waals surface area contributed by atoms with E-state index < -0.39 is 5.91 Å². The van der Waals surface area contributed by atoms with E-state index in [0.29, 0.717) is 6.54 Å². The van der Waals surface area contributed by atoms with E-state index in [2.05, 4.69) is 26.5 Å². The highest BCUT2D eigenvalue weighted by Gasteiger charge is 2.11. The zero-order valence-electron chi connectivity index (χ0n) is 12.3. The first-order valence-electron chi connectivity index (χ1n) is 6.52. The monoisotopic (exact) mass is 318 g/mol. The summed E-state index contributed by atoms with van der Waals surface area (Å²) >= 11 is 1.70. The highest BCUT2D eigenvalue weighted by molar-refractivity contribution is 7.98. The first-order valence-corrected chi connectivity index (χ1v) is 7.67. The molecule has 1 aromatic rings. The number of aromatic nitrogens is 2. The standard InChI is InChI=1S/C14H18N6OS/c1-3-4-17-14(11(7-15)13(16)21)18-5-6-22-8-12-10(2)19-9-20-12/h1,9,17-18H,4-6,8H2,2H3,(H2,16,21)(H,19,20). The molecule has 0 saturated heterocycles. The van der Waals surface area contributed by atoms with Gasteiger partial charge in [-0.15, -0.1) is 6.42 Å². The molecule has 0 spiro atoms. The van der Waals surface area contributed by atoms with Crippen LogP contribution in [-0.2, 0) is 10.5 Å². The molecule has 0 bridgehead atoms. The average Bonchev–Trinajstić information content (AvgIpc) is 2.89. The smallest absolute Gasteiger partial charge is 0.263 e. The number of nitriles is 1. The summed E-state index contributed by atoms with van der Waals surface area (Å²) in [6.45, 7) is 2.70. The molecule has 5 N–H and O–H groups in total. The van der Waals surface area contributed by atoms with Crippen LogP contribution in [-0.4, -0.2) is 34.7 Å². The molecule has 0 aliphatic carbocycles. The van der Waals surface area contributed by atoms with Gasteiger partial charge in [-0.25, -0.2) is 4.98 Å². The molecule has 1 amide bonds. The third kappa shape index (κ3) is 5.43. The predicted molar refractivity (Wildman–Crippen MR) is 86.2 cm³/mol. The van der Waals surface area contributed by atoms with Gasteiger partial charge in [0, 0.05) is 23.7 Å². The number of carbonyl (C=O) groups is 1. The minimum absolute atomic E-state index is 0.162. The Balaban J connectivity index is 2.47. The van der Waals surface area contributed by atoms with Crippen LogP contribution in [0.15, 0.2) is 17.7 Å². The lowest BCUT2D eigenvalue weighted by atomic mass is 10.2. The Hall–Kier alpha value is -2.58. The minimum atomic E-state index is -0.796. The van der Waals surface area contributed by atoms with E-state index in [9.17, 15) is 4.79 Å². The first-order chi connectivity index (χ1) is 10.6. The van der Waals surface area contributed by atoms with Gasteiger partial charge in [0.05, 0.1) is 18.6 Å². The summed E-state index contributed by atoms with van der Waals surface area (Å²) in [5.41, 5.74) is 7.07. The quantitative estimate of drug-likeness (QED) is 0.220. The normalized spacial score (nSPS) is 11.0. The molecule has 7 nitrogen and oxygen atoms in total. The van der Waals surface area contributed by atoms with Crippen LogP contribution in [0.25, 0.3) is 0 Å². The topological polar surface area (TPSA) is 120 Å². The van der Waals surface area contributed by atoms with Crippen molar-refractivity contribution in [1.29, 1.82) is 5.26 Å². The van der Waals surface area contributed by atoms with Crippen molar-refractivity contribution < 1.29 is 4.79 Å². The highest BCUT2D eigenvalue weighted by atomic mass is 32.2. The van der Waals surface area contributed by atoms with Crippen molar-refractivity contribution in [1.82, 2.24) is 20.6 Å². The van der Waals surface area contributed by atoms with Crippen LogP contribution in [0, 0.1) is 30.6 Å². The summed E-state index contributed by atoms with van der Waals surface area (Å²) in [6, 6.07) is 1.77. The number of thioether (sulfide) groups is 1. The zero-order valence-corrected chi connectivity index (χ0v) is 13.1. The van der Waals surface area contributed by atoms with Crippen molar-refractivity contribution in [2.24, 2.45) is 5.73 Å². The number of rotatable bonds is 9. The van der Waals surface area contributed by atoms with Gasteiger partial charge in [-0.3, -0.25) is 4.79 Å². The van der Waals surface area contributed by atoms with E-state index in [0.717, 1.165) is 22.9 Å².